The molecule has 12 nitrogen and oxygen atoms in total. The van der Waals surface area contributed by atoms with E-state index in [1.807, 2.05) is 13.0 Å². The molecule has 0 saturated heterocycles. The van der Waals surface area contributed by atoms with Crippen molar-refractivity contribution in [1.82, 2.24) is 45.6 Å². The van der Waals surface area contributed by atoms with Gasteiger partial charge in [0, 0.05) is 130 Å². The number of aryl methyl sites for hydroxylation is 1. The molecule has 6 aromatic rings. The summed E-state index contributed by atoms with van der Waals surface area (Å²) in [5, 5.41) is 11.5. The van der Waals surface area contributed by atoms with Gasteiger partial charge in [0.15, 0.2) is 0 Å². The van der Waals surface area contributed by atoms with Gasteiger partial charge < -0.3 is 30.7 Å². The molecular weight excluding hydrogens is 1460 g/mol. The van der Waals surface area contributed by atoms with Gasteiger partial charge in [-0.25, -0.2) is 8.78 Å². The molecule has 27 heteroatoms. The lowest BCUT2D eigenvalue weighted by Crippen LogP contribution is -2.47. The number of aromatic nitrogens is 3. The van der Waals surface area contributed by atoms with E-state index >= 15 is 0 Å². The summed E-state index contributed by atoms with van der Waals surface area (Å²) < 4.78 is 185. The summed E-state index contributed by atoms with van der Waals surface area (Å²) in [6, 6.07) is 21.8. The van der Waals surface area contributed by atoms with E-state index in [1.165, 1.54) is 35.9 Å². The molecule has 9 unspecified atom stereocenters. The Morgan fingerprint density at radius 2 is 0.798 bits per heavy atom. The van der Waals surface area contributed by atoms with Crippen LogP contribution in [0, 0.1) is 40.9 Å². The highest BCUT2D eigenvalue weighted by molar-refractivity contribution is 6.31. The Morgan fingerprint density at radius 3 is 1.15 bits per heavy atom. The molecule has 6 aliphatic carbocycles. The van der Waals surface area contributed by atoms with Crippen LogP contribution in [-0.2, 0) is 103 Å². The van der Waals surface area contributed by atoms with Crippen molar-refractivity contribution in [3.8, 4) is 0 Å². The van der Waals surface area contributed by atoms with E-state index in [-0.39, 0.29) is 78.3 Å². The first kappa shape index (κ1) is 79.8. The Morgan fingerprint density at radius 1 is 0.450 bits per heavy atom. The Hall–Kier alpha value is -7.29. The van der Waals surface area contributed by atoms with E-state index in [4.69, 9.17) is 11.6 Å². The maximum Gasteiger partial charge on any atom is 0.417 e. The molecule has 0 radical (unpaired) electrons. The molecule has 109 heavy (non-hydrogen) atoms. The molecule has 9 atom stereocenters. The van der Waals surface area contributed by atoms with Crippen LogP contribution >= 0.6 is 11.6 Å². The van der Waals surface area contributed by atoms with Gasteiger partial charge in [-0.1, -0.05) is 85.5 Å². The van der Waals surface area contributed by atoms with Gasteiger partial charge in [0.05, 0.1) is 38.5 Å². The summed E-state index contributed by atoms with van der Waals surface area (Å²) in [6.45, 7) is 6.88. The lowest BCUT2D eigenvalue weighted by atomic mass is 9.78. The van der Waals surface area contributed by atoms with Gasteiger partial charge in [0.2, 0.25) is 17.7 Å². The second kappa shape index (κ2) is 31.7. The number of halogens is 15. The first-order valence-electron chi connectivity index (χ1n) is 38.2. The van der Waals surface area contributed by atoms with Crippen molar-refractivity contribution in [3.63, 3.8) is 0 Å². The van der Waals surface area contributed by atoms with Crippen molar-refractivity contribution in [3.05, 3.63) is 192 Å². The molecule has 6 saturated carbocycles. The van der Waals surface area contributed by atoms with E-state index in [0.717, 1.165) is 163 Å². The third kappa shape index (κ3) is 17.7. The number of benzene rings is 3. The third-order valence-corrected chi connectivity index (χ3v) is 25.6. The van der Waals surface area contributed by atoms with Crippen LogP contribution in [0.4, 0.5) is 61.5 Å². The number of carbonyl (C=O) groups excluding carboxylic acids is 3. The highest BCUT2D eigenvalue weighted by Gasteiger charge is 2.59. The molecular formula is C82H92ClF14N9O3. The van der Waals surface area contributed by atoms with Crippen LogP contribution < -0.4 is 16.0 Å². The van der Waals surface area contributed by atoms with E-state index in [0.29, 0.717) is 117 Å². The van der Waals surface area contributed by atoms with E-state index in [1.54, 1.807) is 32.9 Å². The van der Waals surface area contributed by atoms with Crippen LogP contribution in [0.3, 0.4) is 0 Å². The molecule has 15 rings (SSSR count). The van der Waals surface area contributed by atoms with Crippen LogP contribution in [0.15, 0.2) is 104 Å². The van der Waals surface area contributed by atoms with Gasteiger partial charge in [0.25, 0.3) is 5.92 Å². The number of rotatable bonds is 16. The van der Waals surface area contributed by atoms with E-state index in [2.05, 4.69) is 43.0 Å². The van der Waals surface area contributed by atoms with Crippen LogP contribution in [0.2, 0.25) is 5.02 Å². The molecule has 6 heterocycles. The SMILES string of the molecule is CC(F)(F)c1ccc(CCNC2CC3CCCC3(C(=O)N3CCc4ncc(C(F)(F)F)cc4C3)C2)cc1.Cc1cc(CCNC2CC3CCCC3(C(=O)N3CCc4ncc(C(F)(F)F)cc4C3)C2)ccc1Cl.O=C(N1CCc2ncc(C(F)(F)F)cc2C1)C12CCCC1CC(NCCc1cccc(C(F)(F)F)c1)C2. The average Bonchev–Trinajstić information content (AvgIpc) is 1.61. The van der Waals surface area contributed by atoms with Gasteiger partial charge in [0.1, 0.15) is 0 Å². The smallest absolute Gasteiger partial charge is 0.337 e. The van der Waals surface area contributed by atoms with Gasteiger partial charge in [-0.05, 0) is 210 Å². The number of alkyl halides is 14. The molecule has 0 spiro atoms. The summed E-state index contributed by atoms with van der Waals surface area (Å²) >= 11 is 6.13. The lowest BCUT2D eigenvalue weighted by Gasteiger charge is -2.37. The molecule has 3 N–H and O–H groups in total. The van der Waals surface area contributed by atoms with Gasteiger partial charge in [-0.2, -0.15) is 52.7 Å². The van der Waals surface area contributed by atoms with Crippen molar-refractivity contribution >= 4 is 29.3 Å². The van der Waals surface area contributed by atoms with Crippen LogP contribution in [0.5, 0.6) is 0 Å². The Balaban J connectivity index is 0.000000144. The van der Waals surface area contributed by atoms with Gasteiger partial charge in [-0.15, -0.1) is 0 Å². The number of nitrogens with one attached hydrogen (secondary N) is 3. The molecule has 3 aromatic heterocycles. The fraction of sp³-hybridized carbons (Fsp3) is 0.561. The monoisotopic (exact) mass is 1550 g/mol. The largest absolute Gasteiger partial charge is 0.417 e. The predicted molar refractivity (Wildman–Crippen MR) is 382 cm³/mol. The second-order valence-electron chi connectivity index (χ2n) is 32.0. The highest BCUT2D eigenvalue weighted by atomic mass is 35.5. The van der Waals surface area contributed by atoms with E-state index < -0.39 is 63.7 Å². The topological polar surface area (TPSA) is 136 Å². The normalized spacial score (nSPS) is 25.8. The summed E-state index contributed by atoms with van der Waals surface area (Å²) in [4.78, 5) is 58.8. The van der Waals surface area contributed by atoms with Gasteiger partial charge >= 0.3 is 24.7 Å². The molecule has 9 aliphatic rings. The Bertz CT molecular complexity index is 4280. The minimum Gasteiger partial charge on any atom is -0.337 e. The van der Waals surface area contributed by atoms with Crippen LogP contribution in [0.25, 0.3) is 0 Å². The summed E-state index contributed by atoms with van der Waals surface area (Å²) in [5.74, 6) is -1.84. The third-order valence-electron chi connectivity index (χ3n) is 25.1. The Kier molecular flexibility index (Phi) is 23.2. The number of amides is 3. The molecule has 0 bridgehead atoms. The number of fused-ring (bicyclic) bond motifs is 6. The van der Waals surface area contributed by atoms with Crippen molar-refractivity contribution in [2.45, 2.75) is 217 Å². The molecule has 3 aromatic carbocycles. The quantitative estimate of drug-likeness (QED) is 0.0810. The fourth-order valence-corrected chi connectivity index (χ4v) is 19.8. The zero-order valence-corrected chi connectivity index (χ0v) is 61.8. The molecule has 3 aliphatic heterocycles. The number of carbonyl (C=O) groups is 3. The first-order valence-corrected chi connectivity index (χ1v) is 38.6. The molecule has 588 valence electrons. The first-order chi connectivity index (χ1) is 51.6. The van der Waals surface area contributed by atoms with Gasteiger partial charge in [-0.3, -0.25) is 29.3 Å². The summed E-state index contributed by atoms with van der Waals surface area (Å²) in [7, 11) is 0. The Labute approximate surface area is 630 Å². The van der Waals surface area contributed by atoms with Crippen molar-refractivity contribution in [1.29, 1.82) is 0 Å². The number of nitrogens with zero attached hydrogens (tertiary/aromatic N) is 6. The highest BCUT2D eigenvalue weighted by Crippen LogP contribution is 2.58. The van der Waals surface area contributed by atoms with Crippen molar-refractivity contribution in [2.75, 3.05) is 39.3 Å². The molecule has 6 fully saturated rings. The number of hydrogen-bond acceptors (Lipinski definition) is 9. The lowest BCUT2D eigenvalue weighted by molar-refractivity contribution is -0.145. The fourth-order valence-electron chi connectivity index (χ4n) is 19.6. The zero-order valence-electron chi connectivity index (χ0n) is 61.1. The predicted octanol–water partition coefficient (Wildman–Crippen LogP) is 17.4. The second-order valence-corrected chi connectivity index (χ2v) is 32.4. The minimum atomic E-state index is -4.48. The van der Waals surface area contributed by atoms with E-state index in [9.17, 15) is 75.8 Å². The molecule has 3 amide bonds. The van der Waals surface area contributed by atoms with Crippen LogP contribution in [0.1, 0.15) is 187 Å². The maximum absolute atomic E-state index is 13.8. The van der Waals surface area contributed by atoms with Crippen molar-refractivity contribution < 1.29 is 75.8 Å². The van der Waals surface area contributed by atoms with Crippen LogP contribution in [-0.4, -0.2) is 105 Å². The average molecular weight is 1550 g/mol. The summed E-state index contributed by atoms with van der Waals surface area (Å²) in [6.07, 6.45) is 1.57. The number of hydrogen-bond donors (Lipinski definition) is 3. The minimum absolute atomic E-state index is 0.000899. The van der Waals surface area contributed by atoms with Crippen molar-refractivity contribution in [2.24, 2.45) is 34.0 Å². The standard InChI is InChI=1S/C28H32F5N3O.C27H31ClF3N3O.C27H29F6N3O/c1-26(29,30)20-6-4-18(5-7-20)8-11-34-23-14-21-3-2-10-27(21,15-23)25(37)36-12-9-24-19(17-36)13-22(16-35-24)28(31,32)33;1-17-11-18(4-5-23(17)28)6-9-32-22-13-20-3-2-8-26(20,14-22)25(35)34-10-7-24-19(16-34)12-21(15-33-24)27(29,30)31;28-26(29,30)20-4-1-3-17(11-20)6-9-34-22-13-19-5-2-8-25(19,14-22)24(37)36-10-7-23-18(16-36)12-21(15-35-23)27(31,32)33/h4-7,13,16,21,23,34H,2-3,8-12,14-15,17H2,1H3;4-5,11-12,15,20,22,32H,2-3,6-10,13-14,16H2,1H3;1,3-4,11-12,15,19,22,34H,2,5-10,13-14,16H2. The maximum atomic E-state index is 13.8. The zero-order chi connectivity index (χ0) is 77.6. The summed E-state index contributed by atoms with van der Waals surface area (Å²) in [5.41, 5.74) is 2.91. The number of pyridine rings is 3.